The van der Waals surface area contributed by atoms with Crippen molar-refractivity contribution in [3.05, 3.63) is 66.7 Å². The van der Waals surface area contributed by atoms with Gasteiger partial charge >= 0.3 is 0 Å². The number of aromatic nitrogens is 2. The number of rotatable bonds is 1. The second kappa shape index (κ2) is 6.86. The Bertz CT molecular complexity index is 1530. The van der Waals surface area contributed by atoms with Crippen LogP contribution in [0.1, 0.15) is 39.2 Å². The minimum Gasteiger partial charge on any atom is -0.456 e. The number of hydrogen-bond donors (Lipinski definition) is 0. The lowest BCUT2D eigenvalue weighted by Crippen LogP contribution is -2.34. The van der Waals surface area contributed by atoms with E-state index in [2.05, 4.69) is 93.8 Å². The van der Waals surface area contributed by atoms with Gasteiger partial charge in [0, 0.05) is 21.3 Å². The Hall–Kier alpha value is -2.79. The zero-order valence-electron chi connectivity index (χ0n) is 18.8. The molecule has 0 N–H and O–H groups in total. The van der Waals surface area contributed by atoms with Crippen LogP contribution >= 0.6 is 15.9 Å². The number of furan rings is 1. The van der Waals surface area contributed by atoms with Gasteiger partial charge in [-0.1, -0.05) is 60.1 Å². The first-order valence-corrected chi connectivity index (χ1v) is 12.7. The van der Waals surface area contributed by atoms with Crippen molar-refractivity contribution < 1.29 is 4.42 Å². The fourth-order valence-electron chi connectivity index (χ4n) is 6.28. The van der Waals surface area contributed by atoms with Crippen LogP contribution in [0, 0.1) is 5.41 Å². The number of anilines is 2. The fraction of sp³-hybridized carbons (Fsp3) is 0.321. The van der Waals surface area contributed by atoms with Gasteiger partial charge in [-0.15, -0.1) is 0 Å². The average Bonchev–Trinajstić information content (AvgIpc) is 3.40. The number of hydrogen-bond acceptors (Lipinski definition) is 3. The summed E-state index contributed by atoms with van der Waals surface area (Å²) in [6, 6.07) is 24.3. The third-order valence-corrected chi connectivity index (χ3v) is 8.27. The van der Waals surface area contributed by atoms with Gasteiger partial charge in [0.25, 0.3) is 0 Å². The molecule has 3 aromatic carbocycles. The monoisotopic (exact) mass is 499 g/mol. The summed E-state index contributed by atoms with van der Waals surface area (Å²) in [5.41, 5.74) is 5.62. The van der Waals surface area contributed by atoms with Gasteiger partial charge in [-0.05, 0) is 61.1 Å². The van der Waals surface area contributed by atoms with Crippen molar-refractivity contribution in [2.45, 2.75) is 50.0 Å². The second-order valence-corrected chi connectivity index (χ2v) is 11.8. The van der Waals surface area contributed by atoms with E-state index in [9.17, 15) is 0 Å². The molecule has 5 aromatic rings. The van der Waals surface area contributed by atoms with Gasteiger partial charge in [-0.2, -0.15) is 0 Å². The average molecular weight is 500 g/mol. The summed E-state index contributed by atoms with van der Waals surface area (Å²) in [5, 5.41) is 2.33. The van der Waals surface area contributed by atoms with Crippen LogP contribution in [0.15, 0.2) is 71.1 Å². The lowest BCUT2D eigenvalue weighted by molar-refractivity contribution is 0.295. The van der Waals surface area contributed by atoms with Gasteiger partial charge in [0.1, 0.15) is 11.2 Å². The van der Waals surface area contributed by atoms with Crippen LogP contribution in [-0.4, -0.2) is 20.4 Å². The first kappa shape index (κ1) is 19.7. The summed E-state index contributed by atoms with van der Waals surface area (Å²) in [5.74, 6) is 1.07. The van der Waals surface area contributed by atoms with E-state index < -0.39 is 0 Å². The highest BCUT2D eigenvalue weighted by atomic mass is 79.9. The maximum absolute atomic E-state index is 6.12. The highest BCUT2D eigenvalue weighted by Gasteiger charge is 2.47. The molecule has 1 aliphatic carbocycles. The highest BCUT2D eigenvalue weighted by Crippen LogP contribution is 2.52. The SMILES string of the molecule is CC1(C)CC(Br)CC2C(C1)N(c1ccc3oc4ccccc4c3c1)c1nc3ccccc3n12. The van der Waals surface area contributed by atoms with Crippen LogP contribution in [0.25, 0.3) is 33.0 Å². The van der Waals surface area contributed by atoms with Crippen molar-refractivity contribution in [3.63, 3.8) is 0 Å². The molecule has 3 unspecified atom stereocenters. The normalized spacial score (nSPS) is 24.3. The topological polar surface area (TPSA) is 34.2 Å². The van der Waals surface area contributed by atoms with Crippen molar-refractivity contribution in [3.8, 4) is 0 Å². The first-order chi connectivity index (χ1) is 16.0. The quantitative estimate of drug-likeness (QED) is 0.219. The van der Waals surface area contributed by atoms with Crippen LogP contribution in [0.4, 0.5) is 11.6 Å². The number of fused-ring (bicyclic) bond motifs is 8. The zero-order chi connectivity index (χ0) is 22.3. The van der Waals surface area contributed by atoms with E-state index in [-0.39, 0.29) is 5.41 Å². The van der Waals surface area contributed by atoms with Gasteiger partial charge in [0.05, 0.1) is 23.1 Å². The minimum atomic E-state index is 0.248. The van der Waals surface area contributed by atoms with Crippen LogP contribution in [-0.2, 0) is 0 Å². The van der Waals surface area contributed by atoms with E-state index in [4.69, 9.17) is 9.40 Å². The molecule has 1 aliphatic heterocycles. The Morgan fingerprint density at radius 2 is 1.70 bits per heavy atom. The van der Waals surface area contributed by atoms with Crippen molar-refractivity contribution >= 4 is 60.5 Å². The van der Waals surface area contributed by atoms with Gasteiger partial charge in [-0.25, -0.2) is 4.98 Å². The summed E-state index contributed by atoms with van der Waals surface area (Å²) in [7, 11) is 0. The minimum absolute atomic E-state index is 0.248. The first-order valence-electron chi connectivity index (χ1n) is 11.8. The maximum atomic E-state index is 6.12. The molecule has 0 spiro atoms. The molecule has 33 heavy (non-hydrogen) atoms. The molecule has 2 aromatic heterocycles. The van der Waals surface area contributed by atoms with Crippen molar-refractivity contribution in [1.82, 2.24) is 9.55 Å². The van der Waals surface area contributed by atoms with Crippen LogP contribution in [0.5, 0.6) is 0 Å². The van der Waals surface area contributed by atoms with Crippen molar-refractivity contribution in [2.24, 2.45) is 5.41 Å². The smallest absolute Gasteiger partial charge is 0.211 e. The number of alkyl halides is 1. The number of halogens is 1. The molecule has 0 saturated heterocycles. The fourth-order valence-corrected chi connectivity index (χ4v) is 7.54. The predicted octanol–water partition coefficient (Wildman–Crippen LogP) is 7.97. The lowest BCUT2D eigenvalue weighted by Gasteiger charge is -2.33. The van der Waals surface area contributed by atoms with E-state index in [1.165, 1.54) is 28.4 Å². The maximum Gasteiger partial charge on any atom is 0.211 e. The molecule has 2 aliphatic rings. The highest BCUT2D eigenvalue weighted by molar-refractivity contribution is 9.09. The Morgan fingerprint density at radius 1 is 0.909 bits per heavy atom. The molecule has 0 radical (unpaired) electrons. The summed E-state index contributed by atoms with van der Waals surface area (Å²) < 4.78 is 8.62. The number of para-hydroxylation sites is 3. The van der Waals surface area contributed by atoms with Crippen LogP contribution in [0.2, 0.25) is 0 Å². The molecule has 3 heterocycles. The molecule has 1 saturated carbocycles. The van der Waals surface area contributed by atoms with E-state index in [0.29, 0.717) is 16.9 Å². The summed E-state index contributed by atoms with van der Waals surface area (Å²) >= 11 is 4.02. The third-order valence-electron chi connectivity index (χ3n) is 7.57. The lowest BCUT2D eigenvalue weighted by atomic mass is 9.83. The predicted molar refractivity (Wildman–Crippen MR) is 139 cm³/mol. The Balaban J connectivity index is 1.47. The van der Waals surface area contributed by atoms with E-state index in [1.807, 2.05) is 12.1 Å². The molecule has 166 valence electrons. The molecule has 7 rings (SSSR count). The van der Waals surface area contributed by atoms with Crippen molar-refractivity contribution in [1.29, 1.82) is 0 Å². The van der Waals surface area contributed by atoms with E-state index >= 15 is 0 Å². The third kappa shape index (κ3) is 2.91. The standard InChI is InChI=1S/C28H26BrN3O/c1-28(2)15-17(29)13-23-24(16-28)31(27-30-21-8-4-5-9-22(21)32(23)27)18-11-12-26-20(14-18)19-7-3-6-10-25(19)33-26/h3-12,14,17,23-24H,13,15-16H2,1-2H3. The van der Waals surface area contributed by atoms with E-state index in [1.54, 1.807) is 0 Å². The Labute approximate surface area is 201 Å². The molecule has 1 fully saturated rings. The molecule has 0 amide bonds. The van der Waals surface area contributed by atoms with Gasteiger partial charge < -0.3 is 13.9 Å². The summed E-state index contributed by atoms with van der Waals surface area (Å²) in [4.78, 5) is 8.17. The molecule has 0 bridgehead atoms. The molecule has 3 atom stereocenters. The van der Waals surface area contributed by atoms with Gasteiger partial charge in [0.15, 0.2) is 0 Å². The van der Waals surface area contributed by atoms with E-state index in [0.717, 1.165) is 35.5 Å². The molecular formula is C28H26BrN3O. The van der Waals surface area contributed by atoms with Crippen LogP contribution < -0.4 is 4.90 Å². The zero-order valence-corrected chi connectivity index (χ0v) is 20.4. The van der Waals surface area contributed by atoms with Crippen LogP contribution in [0.3, 0.4) is 0 Å². The summed E-state index contributed by atoms with van der Waals surface area (Å²) in [6.07, 6.45) is 3.41. The number of benzene rings is 3. The molecule has 5 heteroatoms. The van der Waals surface area contributed by atoms with Gasteiger partial charge in [0.2, 0.25) is 5.95 Å². The summed E-state index contributed by atoms with van der Waals surface area (Å²) in [6.45, 7) is 4.82. The molecule has 4 nitrogen and oxygen atoms in total. The number of nitrogens with zero attached hydrogens (tertiary/aromatic N) is 3. The molecular weight excluding hydrogens is 474 g/mol. The Morgan fingerprint density at radius 3 is 2.61 bits per heavy atom. The van der Waals surface area contributed by atoms with Gasteiger partial charge in [-0.3, -0.25) is 0 Å². The second-order valence-electron chi connectivity index (χ2n) is 10.5. The largest absolute Gasteiger partial charge is 0.456 e. The Kier molecular flexibility index (Phi) is 4.09. The van der Waals surface area contributed by atoms with Crippen molar-refractivity contribution in [2.75, 3.05) is 4.90 Å². The number of imidazole rings is 1.